The third kappa shape index (κ3) is 5.45. The number of aliphatic hydroxyl groups excluding tert-OH is 2. The van der Waals surface area contributed by atoms with Crippen LogP contribution in [0, 0.1) is 11.8 Å². The van der Waals surface area contributed by atoms with Gasteiger partial charge in [0.1, 0.15) is 12.4 Å². The highest BCUT2D eigenvalue weighted by atomic mass is 35.5. The number of hydrogen-bond acceptors (Lipinski definition) is 4. The van der Waals surface area contributed by atoms with E-state index < -0.39 is 0 Å². The fourth-order valence-corrected chi connectivity index (χ4v) is 5.16. The summed E-state index contributed by atoms with van der Waals surface area (Å²) in [5, 5.41) is 19.1. The zero-order valence-corrected chi connectivity index (χ0v) is 19.1. The van der Waals surface area contributed by atoms with Gasteiger partial charge in [0.2, 0.25) is 5.91 Å². The van der Waals surface area contributed by atoms with E-state index in [9.17, 15) is 9.90 Å². The van der Waals surface area contributed by atoms with Crippen molar-refractivity contribution in [2.75, 3.05) is 13.2 Å². The summed E-state index contributed by atoms with van der Waals surface area (Å²) < 4.78 is 5.87. The largest absolute Gasteiger partial charge is 0.489 e. The first-order chi connectivity index (χ1) is 15.6. The Hall–Kier alpha value is -2.08. The van der Waals surface area contributed by atoms with Gasteiger partial charge in [-0.15, -0.1) is 0 Å². The zero-order chi connectivity index (χ0) is 22.5. The number of nitrogens with zero attached hydrogens (tertiary/aromatic N) is 1. The van der Waals surface area contributed by atoms with Crippen LogP contribution in [-0.4, -0.2) is 40.2 Å². The van der Waals surface area contributed by atoms with Gasteiger partial charge in [0.05, 0.1) is 6.61 Å². The molecule has 0 spiro atoms. The van der Waals surface area contributed by atoms with E-state index in [1.807, 2.05) is 42.5 Å². The number of rotatable bonds is 8. The summed E-state index contributed by atoms with van der Waals surface area (Å²) >= 11 is 6.54. The molecule has 1 atom stereocenters. The molecule has 0 aromatic heterocycles. The van der Waals surface area contributed by atoms with Crippen molar-refractivity contribution < 1.29 is 19.7 Å². The Balaban J connectivity index is 1.31. The van der Waals surface area contributed by atoms with E-state index in [4.69, 9.17) is 21.4 Å². The van der Waals surface area contributed by atoms with Gasteiger partial charge in [0.25, 0.3) is 0 Å². The third-order valence-corrected chi connectivity index (χ3v) is 7.32. The van der Waals surface area contributed by atoms with Crippen LogP contribution in [0.3, 0.4) is 0 Å². The predicted octanol–water partition coefficient (Wildman–Crippen LogP) is 4.35. The van der Waals surface area contributed by atoms with Crippen molar-refractivity contribution in [3.05, 3.63) is 64.2 Å². The van der Waals surface area contributed by atoms with Crippen molar-refractivity contribution in [3.63, 3.8) is 0 Å². The fourth-order valence-electron chi connectivity index (χ4n) is 4.91. The Labute approximate surface area is 195 Å². The highest BCUT2D eigenvalue weighted by Crippen LogP contribution is 2.34. The molecule has 1 unspecified atom stereocenters. The molecule has 1 amide bonds. The zero-order valence-electron chi connectivity index (χ0n) is 18.4. The first kappa shape index (κ1) is 23.1. The van der Waals surface area contributed by atoms with Crippen LogP contribution in [-0.2, 0) is 24.4 Å². The van der Waals surface area contributed by atoms with Gasteiger partial charge in [0.15, 0.2) is 0 Å². The second-order valence-corrected chi connectivity index (χ2v) is 9.50. The lowest BCUT2D eigenvalue weighted by Gasteiger charge is -2.34. The van der Waals surface area contributed by atoms with Crippen LogP contribution < -0.4 is 4.74 Å². The van der Waals surface area contributed by atoms with Gasteiger partial charge in [-0.25, -0.2) is 0 Å². The first-order valence-corrected chi connectivity index (χ1v) is 12.0. The van der Waals surface area contributed by atoms with Crippen LogP contribution in [0.4, 0.5) is 0 Å². The summed E-state index contributed by atoms with van der Waals surface area (Å²) in [6, 6.07) is 13.7. The van der Waals surface area contributed by atoms with E-state index in [-0.39, 0.29) is 25.0 Å². The molecule has 2 N–H and O–H groups in total. The molecule has 2 aromatic rings. The van der Waals surface area contributed by atoms with Gasteiger partial charge in [-0.2, -0.15) is 0 Å². The number of carbonyl (C=O) groups is 1. The van der Waals surface area contributed by atoms with Crippen molar-refractivity contribution in [2.45, 2.75) is 57.8 Å². The van der Waals surface area contributed by atoms with Crippen LogP contribution in [0.25, 0.3) is 0 Å². The van der Waals surface area contributed by atoms with Crippen LogP contribution in [0.2, 0.25) is 5.02 Å². The van der Waals surface area contributed by atoms with Crippen molar-refractivity contribution in [1.82, 2.24) is 4.90 Å². The van der Waals surface area contributed by atoms with E-state index >= 15 is 0 Å². The Morgan fingerprint density at radius 2 is 1.69 bits per heavy atom. The van der Waals surface area contributed by atoms with Gasteiger partial charge in [-0.3, -0.25) is 4.79 Å². The molecule has 5 nitrogen and oxygen atoms in total. The monoisotopic (exact) mass is 457 g/mol. The van der Waals surface area contributed by atoms with Gasteiger partial charge in [0, 0.05) is 30.1 Å². The molecule has 4 rings (SSSR count). The molecule has 0 radical (unpaired) electrons. The Morgan fingerprint density at radius 3 is 2.34 bits per heavy atom. The predicted molar refractivity (Wildman–Crippen MR) is 125 cm³/mol. The molecule has 32 heavy (non-hydrogen) atoms. The smallest absolute Gasteiger partial charge is 0.226 e. The SMILES string of the molecule is O=C1C(Cc2ccc(OCc3ccc(CO)cc3)cc2Cl)CCN1C1CCC(CO)CC1. The molecular weight excluding hydrogens is 426 g/mol. The minimum atomic E-state index is -0.0140. The summed E-state index contributed by atoms with van der Waals surface area (Å²) in [6.07, 6.45) is 5.54. The minimum absolute atomic E-state index is 0.0140. The van der Waals surface area contributed by atoms with Gasteiger partial charge in [-0.05, 0) is 73.3 Å². The van der Waals surface area contributed by atoms with E-state index in [1.54, 1.807) is 0 Å². The lowest BCUT2D eigenvalue weighted by atomic mass is 9.86. The van der Waals surface area contributed by atoms with E-state index in [0.717, 1.165) is 55.3 Å². The van der Waals surface area contributed by atoms with Crippen molar-refractivity contribution in [2.24, 2.45) is 11.8 Å². The quantitative estimate of drug-likeness (QED) is 0.618. The van der Waals surface area contributed by atoms with Crippen LogP contribution >= 0.6 is 11.6 Å². The second kappa shape index (κ2) is 10.7. The molecule has 1 aliphatic heterocycles. The van der Waals surface area contributed by atoms with Crippen LogP contribution in [0.5, 0.6) is 5.75 Å². The summed E-state index contributed by atoms with van der Waals surface area (Å²) in [4.78, 5) is 15.1. The lowest BCUT2D eigenvalue weighted by Crippen LogP contribution is -2.40. The third-order valence-electron chi connectivity index (χ3n) is 6.97. The Morgan fingerprint density at radius 1 is 0.969 bits per heavy atom. The lowest BCUT2D eigenvalue weighted by molar-refractivity contribution is -0.133. The van der Waals surface area contributed by atoms with Crippen molar-refractivity contribution in [1.29, 1.82) is 0 Å². The standard InChI is InChI=1S/C26H32ClNO4/c27-25-14-24(32-17-20-3-1-18(15-29)2-4-20)10-7-21(25)13-22-11-12-28(26(22)31)23-8-5-19(16-30)6-9-23/h1-4,7,10,14,19,22-23,29-30H,5-6,8-9,11-13,15-17H2. The number of likely N-dealkylation sites (tertiary alicyclic amines) is 1. The highest BCUT2D eigenvalue weighted by molar-refractivity contribution is 6.31. The first-order valence-electron chi connectivity index (χ1n) is 11.6. The Bertz CT molecular complexity index is 909. The molecular formula is C26H32ClNO4. The molecule has 1 saturated carbocycles. The van der Waals surface area contributed by atoms with Crippen LogP contribution in [0.15, 0.2) is 42.5 Å². The van der Waals surface area contributed by atoms with Crippen LogP contribution in [0.1, 0.15) is 48.8 Å². The number of hydrogen-bond donors (Lipinski definition) is 2. The molecule has 2 aromatic carbocycles. The number of amides is 1. The molecule has 1 aliphatic carbocycles. The number of benzene rings is 2. The van der Waals surface area contributed by atoms with E-state index in [2.05, 4.69) is 4.90 Å². The van der Waals surface area contributed by atoms with Gasteiger partial charge < -0.3 is 19.8 Å². The molecule has 6 heteroatoms. The number of carbonyl (C=O) groups excluding carboxylic acids is 1. The number of aliphatic hydroxyl groups is 2. The highest BCUT2D eigenvalue weighted by Gasteiger charge is 2.37. The van der Waals surface area contributed by atoms with Crippen molar-refractivity contribution in [3.8, 4) is 5.75 Å². The number of halogens is 1. The maximum atomic E-state index is 13.0. The van der Waals surface area contributed by atoms with Crippen molar-refractivity contribution >= 4 is 17.5 Å². The van der Waals surface area contributed by atoms with E-state index in [1.165, 1.54) is 0 Å². The van der Waals surface area contributed by atoms with E-state index in [0.29, 0.717) is 35.8 Å². The second-order valence-electron chi connectivity index (χ2n) is 9.09. The molecule has 172 valence electrons. The summed E-state index contributed by atoms with van der Waals surface area (Å²) in [5.74, 6) is 1.34. The van der Waals surface area contributed by atoms with Gasteiger partial charge >= 0.3 is 0 Å². The molecule has 2 fully saturated rings. The summed E-state index contributed by atoms with van der Waals surface area (Å²) in [7, 11) is 0. The Kier molecular flexibility index (Phi) is 7.71. The fraction of sp³-hybridized carbons (Fsp3) is 0.500. The molecule has 0 bridgehead atoms. The topological polar surface area (TPSA) is 70.0 Å². The average molecular weight is 458 g/mol. The summed E-state index contributed by atoms with van der Waals surface area (Å²) in [6.45, 7) is 1.55. The maximum Gasteiger partial charge on any atom is 0.226 e. The average Bonchev–Trinajstić information content (AvgIpc) is 3.19. The minimum Gasteiger partial charge on any atom is -0.489 e. The summed E-state index contributed by atoms with van der Waals surface area (Å²) in [5.41, 5.74) is 2.88. The number of ether oxygens (including phenoxy) is 1. The molecule has 2 aliphatic rings. The molecule has 1 heterocycles. The normalized spacial score (nSPS) is 23.5. The maximum absolute atomic E-state index is 13.0. The van der Waals surface area contributed by atoms with Gasteiger partial charge in [-0.1, -0.05) is 41.9 Å². The molecule has 1 saturated heterocycles.